The highest BCUT2D eigenvalue weighted by atomic mass is 16.5. The number of ether oxygens (including phenoxy) is 1. The largest absolute Gasteiger partial charge is 0.497 e. The highest BCUT2D eigenvalue weighted by molar-refractivity contribution is 5.82. The third kappa shape index (κ3) is 4.48. The molecule has 0 spiro atoms. The highest BCUT2D eigenvalue weighted by Gasteiger charge is 2.36. The van der Waals surface area contributed by atoms with Crippen LogP contribution in [0.25, 0.3) is 10.9 Å². The zero-order chi connectivity index (χ0) is 23.8. The first kappa shape index (κ1) is 22.7. The van der Waals surface area contributed by atoms with Gasteiger partial charge in [-0.3, -0.25) is 19.0 Å². The Morgan fingerprint density at radius 1 is 0.912 bits per heavy atom. The van der Waals surface area contributed by atoms with E-state index in [4.69, 9.17) is 4.74 Å². The molecule has 1 N–H and O–H groups in total. The van der Waals surface area contributed by atoms with Gasteiger partial charge in [-0.1, -0.05) is 0 Å². The van der Waals surface area contributed by atoms with E-state index in [0.29, 0.717) is 49.4 Å². The molecule has 34 heavy (non-hydrogen) atoms. The zero-order valence-corrected chi connectivity index (χ0v) is 19.6. The van der Waals surface area contributed by atoms with E-state index in [1.54, 1.807) is 25.3 Å². The second-order valence-electron chi connectivity index (χ2n) is 9.90. The van der Waals surface area contributed by atoms with Gasteiger partial charge < -0.3 is 19.5 Å². The number of aromatic amines is 1. The van der Waals surface area contributed by atoms with Crippen LogP contribution in [-0.4, -0.2) is 64.5 Å². The maximum absolute atomic E-state index is 13.1. The minimum atomic E-state index is -0.403. The van der Waals surface area contributed by atoms with Crippen LogP contribution in [0.1, 0.15) is 38.5 Å². The maximum atomic E-state index is 13.1. The number of carbonyl (C=O) groups excluding carboxylic acids is 2. The van der Waals surface area contributed by atoms with Crippen molar-refractivity contribution in [2.24, 2.45) is 17.8 Å². The third-order valence-corrected chi connectivity index (χ3v) is 7.66. The van der Waals surface area contributed by atoms with Crippen LogP contribution in [-0.2, 0) is 16.1 Å². The number of hydrogen-bond donors (Lipinski definition) is 1. The normalized spacial score (nSPS) is 23.2. The van der Waals surface area contributed by atoms with Gasteiger partial charge in [0.2, 0.25) is 11.8 Å². The van der Waals surface area contributed by atoms with Crippen molar-refractivity contribution in [3.63, 3.8) is 0 Å². The number of rotatable bonds is 5. The van der Waals surface area contributed by atoms with Gasteiger partial charge in [-0.2, -0.15) is 0 Å². The number of methoxy groups -OCH3 is 1. The number of H-pyrrole nitrogens is 1. The van der Waals surface area contributed by atoms with E-state index in [2.05, 4.69) is 4.98 Å². The first-order valence-corrected chi connectivity index (χ1v) is 12.3. The van der Waals surface area contributed by atoms with Crippen LogP contribution in [0.5, 0.6) is 5.75 Å². The van der Waals surface area contributed by atoms with Gasteiger partial charge in [-0.25, -0.2) is 4.79 Å². The number of nitrogens with zero attached hydrogens (tertiary/aromatic N) is 3. The van der Waals surface area contributed by atoms with E-state index in [1.807, 2.05) is 9.80 Å². The van der Waals surface area contributed by atoms with Crippen LogP contribution < -0.4 is 16.0 Å². The number of benzene rings is 1. The molecular formula is C25H32N4O5. The third-order valence-electron chi connectivity index (χ3n) is 7.66. The van der Waals surface area contributed by atoms with Crippen LogP contribution in [0.2, 0.25) is 0 Å². The fourth-order valence-corrected chi connectivity index (χ4v) is 5.37. The lowest BCUT2D eigenvalue weighted by atomic mass is 9.81. The summed E-state index contributed by atoms with van der Waals surface area (Å²) < 4.78 is 6.50. The summed E-state index contributed by atoms with van der Waals surface area (Å²) >= 11 is 0. The summed E-state index contributed by atoms with van der Waals surface area (Å²) in [5, 5.41) is 0.433. The second kappa shape index (κ2) is 9.27. The van der Waals surface area contributed by atoms with E-state index >= 15 is 0 Å². The maximum Gasteiger partial charge on any atom is 0.328 e. The predicted molar refractivity (Wildman–Crippen MR) is 127 cm³/mol. The van der Waals surface area contributed by atoms with E-state index in [1.165, 1.54) is 4.57 Å². The molecule has 0 radical (unpaired) electrons. The Morgan fingerprint density at radius 2 is 1.47 bits per heavy atom. The number of aromatic nitrogens is 2. The summed E-state index contributed by atoms with van der Waals surface area (Å²) in [5.74, 6) is 1.40. The Kier molecular flexibility index (Phi) is 6.18. The topological polar surface area (TPSA) is 105 Å². The van der Waals surface area contributed by atoms with Crippen LogP contribution in [0, 0.1) is 17.8 Å². The molecule has 3 fully saturated rings. The van der Waals surface area contributed by atoms with Gasteiger partial charge in [0.05, 0.1) is 18.0 Å². The fourth-order valence-electron chi connectivity index (χ4n) is 5.37. The van der Waals surface area contributed by atoms with Crippen molar-refractivity contribution in [3.05, 3.63) is 39.0 Å². The molecule has 0 atom stereocenters. The summed E-state index contributed by atoms with van der Waals surface area (Å²) in [7, 11) is 1.54. The first-order chi connectivity index (χ1) is 16.4. The molecule has 2 aliphatic carbocycles. The number of amides is 2. The molecule has 2 amide bonds. The molecule has 1 aliphatic heterocycles. The standard InChI is InChI=1S/C25H32N4O5/c1-34-19-8-9-21-20(14-19)24(32)29(25(33)26-21)15-16-2-4-17(5-3-16)22(30)27-10-12-28(13-11-27)23(31)18-6-7-18/h8-9,14,16-18H,2-7,10-13,15H2,1H3,(H,26,33)/t16-,17-. The quantitative estimate of drug-likeness (QED) is 0.718. The first-order valence-electron chi connectivity index (χ1n) is 12.3. The summed E-state index contributed by atoms with van der Waals surface area (Å²) in [4.78, 5) is 57.5. The monoisotopic (exact) mass is 468 g/mol. The molecular weight excluding hydrogens is 436 g/mol. The Hall–Kier alpha value is -3.10. The van der Waals surface area contributed by atoms with E-state index in [0.717, 1.165) is 38.5 Å². The summed E-state index contributed by atoms with van der Waals surface area (Å²) in [6, 6.07) is 5.04. The fraction of sp³-hybridized carbons (Fsp3) is 0.600. The molecule has 1 saturated heterocycles. The lowest BCUT2D eigenvalue weighted by Crippen LogP contribution is -2.52. The number of hydrogen-bond acceptors (Lipinski definition) is 5. The summed E-state index contributed by atoms with van der Waals surface area (Å²) in [6.45, 7) is 2.85. The Labute approximate surface area is 197 Å². The van der Waals surface area contributed by atoms with Crippen LogP contribution in [0.3, 0.4) is 0 Å². The van der Waals surface area contributed by atoms with Crippen molar-refractivity contribution in [1.82, 2.24) is 19.4 Å². The van der Waals surface area contributed by atoms with Crippen molar-refractivity contribution in [2.45, 2.75) is 45.1 Å². The van der Waals surface area contributed by atoms with Crippen molar-refractivity contribution in [3.8, 4) is 5.75 Å². The molecule has 0 bridgehead atoms. The van der Waals surface area contributed by atoms with Crippen molar-refractivity contribution < 1.29 is 14.3 Å². The van der Waals surface area contributed by atoms with Crippen molar-refractivity contribution in [2.75, 3.05) is 33.3 Å². The minimum Gasteiger partial charge on any atom is -0.497 e. The molecule has 2 heterocycles. The molecule has 9 heteroatoms. The Balaban J connectivity index is 1.18. The average Bonchev–Trinajstić information content (AvgIpc) is 3.72. The van der Waals surface area contributed by atoms with Crippen LogP contribution in [0.4, 0.5) is 0 Å². The summed E-state index contributed by atoms with van der Waals surface area (Å²) in [6.07, 6.45) is 5.15. The van der Waals surface area contributed by atoms with Crippen LogP contribution in [0.15, 0.2) is 27.8 Å². The minimum absolute atomic E-state index is 0.0159. The molecule has 2 saturated carbocycles. The number of fused-ring (bicyclic) bond motifs is 1. The lowest BCUT2D eigenvalue weighted by molar-refractivity contribution is -0.143. The Morgan fingerprint density at radius 3 is 2.00 bits per heavy atom. The Bertz CT molecular complexity index is 1200. The van der Waals surface area contributed by atoms with E-state index < -0.39 is 5.69 Å². The van der Waals surface area contributed by atoms with Crippen LogP contribution >= 0.6 is 0 Å². The predicted octanol–water partition coefficient (Wildman–Crippen LogP) is 1.59. The van der Waals surface area contributed by atoms with Gasteiger partial charge in [0, 0.05) is 44.6 Å². The summed E-state index contributed by atoms with van der Waals surface area (Å²) in [5.41, 5.74) is -0.214. The van der Waals surface area contributed by atoms with Gasteiger partial charge in [0.1, 0.15) is 5.75 Å². The molecule has 2 aromatic rings. The van der Waals surface area contributed by atoms with Gasteiger partial charge in [-0.15, -0.1) is 0 Å². The second-order valence-corrected chi connectivity index (χ2v) is 9.90. The number of carbonyl (C=O) groups is 2. The smallest absolute Gasteiger partial charge is 0.328 e. The molecule has 182 valence electrons. The van der Waals surface area contributed by atoms with E-state index in [-0.39, 0.29) is 35.1 Å². The van der Waals surface area contributed by atoms with Gasteiger partial charge in [-0.05, 0) is 62.6 Å². The van der Waals surface area contributed by atoms with Crippen molar-refractivity contribution in [1.29, 1.82) is 0 Å². The molecule has 0 unspecified atom stereocenters. The van der Waals surface area contributed by atoms with Crippen molar-refractivity contribution >= 4 is 22.7 Å². The molecule has 1 aromatic carbocycles. The molecule has 1 aromatic heterocycles. The SMILES string of the molecule is COc1ccc2[nH]c(=O)n(C[C@H]3CC[C@H](C(=O)N4CCN(C(=O)C5CC5)CC4)CC3)c(=O)c2c1. The van der Waals surface area contributed by atoms with Gasteiger partial charge in [0.25, 0.3) is 5.56 Å². The lowest BCUT2D eigenvalue weighted by Gasteiger charge is -2.38. The zero-order valence-electron chi connectivity index (χ0n) is 19.6. The van der Waals surface area contributed by atoms with E-state index in [9.17, 15) is 19.2 Å². The highest BCUT2D eigenvalue weighted by Crippen LogP contribution is 2.33. The molecule has 5 rings (SSSR count). The van der Waals surface area contributed by atoms with Gasteiger partial charge in [0.15, 0.2) is 0 Å². The number of nitrogens with one attached hydrogen (secondary N) is 1. The van der Waals surface area contributed by atoms with Gasteiger partial charge >= 0.3 is 5.69 Å². The molecule has 9 nitrogen and oxygen atoms in total. The molecule has 3 aliphatic rings. The average molecular weight is 469 g/mol. The number of piperazine rings is 1.